The van der Waals surface area contributed by atoms with E-state index in [1.165, 1.54) is 38.5 Å². The Labute approximate surface area is 126 Å². The molecule has 2 rings (SSSR count). The molecule has 0 unspecified atom stereocenters. The standard InChI is InChI=1S/C15H25ClN4/c1-3-10-17-15-18-11-13(16)14(19-15)20(2)12-8-6-4-5-7-9-12/h11-12H,3-10H2,1-2H3,(H,17,18,19). The minimum absolute atomic E-state index is 0.545. The molecule has 1 fully saturated rings. The van der Waals surface area contributed by atoms with Gasteiger partial charge in [0, 0.05) is 19.6 Å². The highest BCUT2D eigenvalue weighted by molar-refractivity contribution is 6.32. The van der Waals surface area contributed by atoms with E-state index in [0.29, 0.717) is 17.0 Å². The fourth-order valence-electron chi connectivity index (χ4n) is 2.75. The Kier molecular flexibility index (Phi) is 5.89. The lowest BCUT2D eigenvalue weighted by Gasteiger charge is -2.29. The van der Waals surface area contributed by atoms with Crippen molar-refractivity contribution in [3.8, 4) is 0 Å². The molecule has 4 nitrogen and oxygen atoms in total. The molecule has 0 saturated heterocycles. The van der Waals surface area contributed by atoms with Crippen molar-refractivity contribution in [2.75, 3.05) is 23.8 Å². The van der Waals surface area contributed by atoms with Gasteiger partial charge in [-0.3, -0.25) is 0 Å². The van der Waals surface area contributed by atoms with E-state index in [9.17, 15) is 0 Å². The van der Waals surface area contributed by atoms with Crippen molar-refractivity contribution in [1.29, 1.82) is 0 Å². The van der Waals surface area contributed by atoms with Crippen molar-refractivity contribution in [3.05, 3.63) is 11.2 Å². The lowest BCUT2D eigenvalue weighted by atomic mass is 10.1. The van der Waals surface area contributed by atoms with Crippen LogP contribution < -0.4 is 10.2 Å². The molecule has 1 N–H and O–H groups in total. The maximum absolute atomic E-state index is 6.29. The van der Waals surface area contributed by atoms with Gasteiger partial charge in [0.2, 0.25) is 5.95 Å². The quantitative estimate of drug-likeness (QED) is 0.830. The van der Waals surface area contributed by atoms with Crippen molar-refractivity contribution >= 4 is 23.4 Å². The molecular formula is C15H25ClN4. The Hall–Kier alpha value is -1.03. The number of halogens is 1. The Morgan fingerprint density at radius 2 is 2.00 bits per heavy atom. The number of rotatable bonds is 5. The smallest absolute Gasteiger partial charge is 0.224 e. The Bertz CT molecular complexity index is 416. The SMILES string of the molecule is CCCNc1ncc(Cl)c(N(C)C2CCCCCC2)n1. The van der Waals surface area contributed by atoms with E-state index in [1.54, 1.807) is 6.20 Å². The summed E-state index contributed by atoms with van der Waals surface area (Å²) >= 11 is 6.29. The summed E-state index contributed by atoms with van der Waals surface area (Å²) in [4.78, 5) is 11.1. The number of hydrogen-bond acceptors (Lipinski definition) is 4. The van der Waals surface area contributed by atoms with Crippen LogP contribution in [0.15, 0.2) is 6.20 Å². The van der Waals surface area contributed by atoms with Crippen LogP contribution in [-0.4, -0.2) is 29.6 Å². The molecule has 0 aliphatic heterocycles. The highest BCUT2D eigenvalue weighted by atomic mass is 35.5. The lowest BCUT2D eigenvalue weighted by Crippen LogP contribution is -2.32. The second kappa shape index (κ2) is 7.67. The third-order valence-electron chi connectivity index (χ3n) is 3.97. The van der Waals surface area contributed by atoms with Gasteiger partial charge in [-0.2, -0.15) is 4.98 Å². The molecule has 20 heavy (non-hydrogen) atoms. The van der Waals surface area contributed by atoms with Crippen LogP contribution in [0.5, 0.6) is 0 Å². The van der Waals surface area contributed by atoms with Gasteiger partial charge in [0.05, 0.1) is 6.20 Å². The highest BCUT2D eigenvalue weighted by Crippen LogP contribution is 2.29. The Morgan fingerprint density at radius 3 is 2.65 bits per heavy atom. The zero-order chi connectivity index (χ0) is 14.4. The van der Waals surface area contributed by atoms with Gasteiger partial charge in [-0.25, -0.2) is 4.98 Å². The van der Waals surface area contributed by atoms with E-state index in [4.69, 9.17) is 11.6 Å². The topological polar surface area (TPSA) is 41.1 Å². The number of anilines is 2. The Morgan fingerprint density at radius 1 is 1.30 bits per heavy atom. The molecule has 0 spiro atoms. The second-order valence-electron chi connectivity index (χ2n) is 5.55. The van der Waals surface area contributed by atoms with Crippen molar-refractivity contribution < 1.29 is 0 Å². The first-order valence-electron chi connectivity index (χ1n) is 7.71. The van der Waals surface area contributed by atoms with Crippen LogP contribution in [0.2, 0.25) is 5.02 Å². The van der Waals surface area contributed by atoms with E-state index in [-0.39, 0.29) is 0 Å². The summed E-state index contributed by atoms with van der Waals surface area (Å²) in [6.45, 7) is 3.01. The number of aromatic nitrogens is 2. The molecule has 112 valence electrons. The van der Waals surface area contributed by atoms with Crippen molar-refractivity contribution in [1.82, 2.24) is 9.97 Å². The monoisotopic (exact) mass is 296 g/mol. The van der Waals surface area contributed by atoms with Crippen LogP contribution in [0.4, 0.5) is 11.8 Å². The summed E-state index contributed by atoms with van der Waals surface area (Å²) in [5, 5.41) is 3.86. The molecule has 0 atom stereocenters. The summed E-state index contributed by atoms with van der Waals surface area (Å²) in [6.07, 6.45) is 10.5. The predicted octanol–water partition coefficient (Wildman–Crippen LogP) is 4.11. The molecule has 0 bridgehead atoms. The summed E-state index contributed by atoms with van der Waals surface area (Å²) in [5.41, 5.74) is 0. The average molecular weight is 297 g/mol. The van der Waals surface area contributed by atoms with Crippen LogP contribution in [0, 0.1) is 0 Å². The van der Waals surface area contributed by atoms with Gasteiger partial charge < -0.3 is 10.2 Å². The zero-order valence-corrected chi connectivity index (χ0v) is 13.3. The van der Waals surface area contributed by atoms with E-state index in [0.717, 1.165) is 18.8 Å². The third-order valence-corrected chi connectivity index (χ3v) is 4.23. The van der Waals surface area contributed by atoms with Crippen molar-refractivity contribution in [2.45, 2.75) is 57.9 Å². The fourth-order valence-corrected chi connectivity index (χ4v) is 2.97. The number of hydrogen-bond donors (Lipinski definition) is 1. The fraction of sp³-hybridized carbons (Fsp3) is 0.733. The van der Waals surface area contributed by atoms with Gasteiger partial charge in [0.15, 0.2) is 5.82 Å². The summed E-state index contributed by atoms with van der Waals surface area (Å²) < 4.78 is 0. The molecule has 1 heterocycles. The summed E-state index contributed by atoms with van der Waals surface area (Å²) in [7, 11) is 2.10. The molecule has 0 radical (unpaired) electrons. The summed E-state index contributed by atoms with van der Waals surface area (Å²) in [6, 6.07) is 0.545. The lowest BCUT2D eigenvalue weighted by molar-refractivity contribution is 0.549. The minimum atomic E-state index is 0.545. The molecular weight excluding hydrogens is 272 g/mol. The minimum Gasteiger partial charge on any atom is -0.355 e. The average Bonchev–Trinajstić information content (AvgIpc) is 2.75. The van der Waals surface area contributed by atoms with Crippen LogP contribution >= 0.6 is 11.6 Å². The first kappa shape index (κ1) is 15.4. The number of nitrogens with zero attached hydrogens (tertiary/aromatic N) is 3. The van der Waals surface area contributed by atoms with Gasteiger partial charge >= 0.3 is 0 Å². The zero-order valence-electron chi connectivity index (χ0n) is 12.5. The predicted molar refractivity (Wildman–Crippen MR) is 85.7 cm³/mol. The molecule has 1 saturated carbocycles. The third kappa shape index (κ3) is 3.98. The maximum atomic E-state index is 6.29. The van der Waals surface area contributed by atoms with Gasteiger partial charge in [0.25, 0.3) is 0 Å². The molecule has 1 aliphatic carbocycles. The molecule has 0 amide bonds. The molecule has 0 aromatic carbocycles. The van der Waals surface area contributed by atoms with Gasteiger partial charge in [-0.05, 0) is 19.3 Å². The van der Waals surface area contributed by atoms with E-state index < -0.39 is 0 Å². The molecule has 1 aliphatic rings. The molecule has 1 aromatic heterocycles. The van der Waals surface area contributed by atoms with Crippen LogP contribution in [-0.2, 0) is 0 Å². The molecule has 1 aromatic rings. The first-order chi connectivity index (χ1) is 9.72. The van der Waals surface area contributed by atoms with Crippen LogP contribution in [0.1, 0.15) is 51.9 Å². The second-order valence-corrected chi connectivity index (χ2v) is 5.96. The maximum Gasteiger partial charge on any atom is 0.224 e. The van der Waals surface area contributed by atoms with Crippen LogP contribution in [0.3, 0.4) is 0 Å². The largest absolute Gasteiger partial charge is 0.355 e. The highest BCUT2D eigenvalue weighted by Gasteiger charge is 2.20. The van der Waals surface area contributed by atoms with Crippen LogP contribution in [0.25, 0.3) is 0 Å². The summed E-state index contributed by atoms with van der Waals surface area (Å²) in [5.74, 6) is 1.53. The normalized spacial score (nSPS) is 16.8. The van der Waals surface area contributed by atoms with Crippen molar-refractivity contribution in [3.63, 3.8) is 0 Å². The molecule has 5 heteroatoms. The number of nitrogens with one attached hydrogen (secondary N) is 1. The van der Waals surface area contributed by atoms with E-state index in [1.807, 2.05) is 0 Å². The van der Waals surface area contributed by atoms with Gasteiger partial charge in [0.1, 0.15) is 5.02 Å². The van der Waals surface area contributed by atoms with E-state index in [2.05, 4.69) is 34.2 Å². The van der Waals surface area contributed by atoms with Gasteiger partial charge in [-0.15, -0.1) is 0 Å². The van der Waals surface area contributed by atoms with E-state index >= 15 is 0 Å². The van der Waals surface area contributed by atoms with Gasteiger partial charge in [-0.1, -0.05) is 44.2 Å². The van der Waals surface area contributed by atoms with Crippen molar-refractivity contribution in [2.24, 2.45) is 0 Å². The Balaban J connectivity index is 2.12. The first-order valence-corrected chi connectivity index (χ1v) is 8.09.